The molecule has 0 amide bonds. The van der Waals surface area contributed by atoms with Crippen LogP contribution in [-0.2, 0) is 16.1 Å². The number of carbonyl (C=O) groups is 1. The van der Waals surface area contributed by atoms with Crippen molar-refractivity contribution in [3.05, 3.63) is 121 Å². The molecule has 1 aliphatic rings. The van der Waals surface area contributed by atoms with Crippen LogP contribution in [0.25, 0.3) is 6.08 Å². The van der Waals surface area contributed by atoms with Gasteiger partial charge in [-0.1, -0.05) is 33.3 Å². The summed E-state index contributed by atoms with van der Waals surface area (Å²) in [7, 11) is 1.28. The van der Waals surface area contributed by atoms with E-state index in [0.29, 0.717) is 50.9 Å². The zero-order chi connectivity index (χ0) is 33.0. The van der Waals surface area contributed by atoms with Crippen LogP contribution in [0.1, 0.15) is 36.6 Å². The molecule has 0 N–H and O–H groups in total. The summed E-state index contributed by atoms with van der Waals surface area (Å²) in [5, 5.41) is 11.0. The Morgan fingerprint density at radius 1 is 1.09 bits per heavy atom. The van der Waals surface area contributed by atoms with Gasteiger partial charge in [0.2, 0.25) is 0 Å². The maximum absolute atomic E-state index is 14.1. The number of halogens is 2. The highest BCUT2D eigenvalue weighted by Crippen LogP contribution is 2.35. The van der Waals surface area contributed by atoms with E-state index in [9.17, 15) is 19.7 Å². The van der Waals surface area contributed by atoms with Gasteiger partial charge in [-0.05, 0) is 90.0 Å². The van der Waals surface area contributed by atoms with Gasteiger partial charge in [0.15, 0.2) is 16.3 Å². The van der Waals surface area contributed by atoms with Crippen molar-refractivity contribution in [2.24, 2.45) is 4.99 Å². The lowest BCUT2D eigenvalue weighted by molar-refractivity contribution is -0.384. The molecule has 46 heavy (non-hydrogen) atoms. The van der Waals surface area contributed by atoms with Crippen LogP contribution >= 0.6 is 49.9 Å². The molecule has 4 aromatic rings. The van der Waals surface area contributed by atoms with Crippen LogP contribution < -0.4 is 29.1 Å². The molecule has 3 aromatic carbocycles. The molecule has 2 heterocycles. The lowest BCUT2D eigenvalue weighted by Gasteiger charge is -2.23. The predicted octanol–water partition coefficient (Wildman–Crippen LogP) is 5.67. The van der Waals surface area contributed by atoms with Crippen molar-refractivity contribution in [2.75, 3.05) is 20.3 Å². The van der Waals surface area contributed by atoms with Crippen molar-refractivity contribution in [1.29, 1.82) is 0 Å². The SMILES string of the molecule is CCOc1ccc([C@@H]2C(C(=O)OC)=CN=c3s/c(=C/c4cc(Br)cc(I)c4OCc4ccc([N+](=O)[O-])cc4)c(=O)n32)cc1OCC. The Hall–Kier alpha value is -4.02. The summed E-state index contributed by atoms with van der Waals surface area (Å²) < 4.78 is 26.2. The van der Waals surface area contributed by atoms with Crippen molar-refractivity contribution in [3.63, 3.8) is 0 Å². The number of aromatic nitrogens is 1. The summed E-state index contributed by atoms with van der Waals surface area (Å²) in [6.07, 6.45) is 3.16. The summed E-state index contributed by atoms with van der Waals surface area (Å²) in [6, 6.07) is 14.3. The lowest BCUT2D eigenvalue weighted by atomic mass is 9.97. The predicted molar refractivity (Wildman–Crippen MR) is 184 cm³/mol. The van der Waals surface area contributed by atoms with Crippen molar-refractivity contribution >= 4 is 67.6 Å². The van der Waals surface area contributed by atoms with E-state index in [1.165, 1.54) is 41.3 Å². The molecule has 0 unspecified atom stereocenters. The van der Waals surface area contributed by atoms with E-state index in [4.69, 9.17) is 18.9 Å². The van der Waals surface area contributed by atoms with E-state index in [-0.39, 0.29) is 23.4 Å². The molecule has 0 radical (unpaired) electrons. The van der Waals surface area contributed by atoms with Crippen LogP contribution in [-0.4, -0.2) is 35.8 Å². The molecule has 0 saturated heterocycles. The second-order valence-corrected chi connectivity index (χ2v) is 12.9. The minimum absolute atomic E-state index is 0.00829. The van der Waals surface area contributed by atoms with Gasteiger partial charge in [-0.25, -0.2) is 9.79 Å². The highest BCUT2D eigenvalue weighted by atomic mass is 127. The number of non-ortho nitro benzene ring substituents is 1. The van der Waals surface area contributed by atoms with E-state index in [0.717, 1.165) is 13.6 Å². The number of thiazole rings is 1. The topological polar surface area (TPSA) is 131 Å². The highest BCUT2D eigenvalue weighted by Gasteiger charge is 2.31. The van der Waals surface area contributed by atoms with Crippen LogP contribution in [0.5, 0.6) is 17.2 Å². The highest BCUT2D eigenvalue weighted by molar-refractivity contribution is 14.1. The molecule has 238 valence electrons. The molecule has 5 rings (SSSR count). The van der Waals surface area contributed by atoms with Crippen molar-refractivity contribution in [1.82, 2.24) is 4.57 Å². The van der Waals surface area contributed by atoms with Gasteiger partial charge in [0.25, 0.3) is 11.2 Å². The van der Waals surface area contributed by atoms with Gasteiger partial charge in [-0.15, -0.1) is 0 Å². The number of nitrogens with zero attached hydrogens (tertiary/aromatic N) is 3. The fourth-order valence-corrected chi connectivity index (χ4v) is 7.50. The number of benzene rings is 3. The van der Waals surface area contributed by atoms with Crippen molar-refractivity contribution < 1.29 is 28.7 Å². The number of fused-ring (bicyclic) bond motifs is 1. The summed E-state index contributed by atoms with van der Waals surface area (Å²) in [5.74, 6) is 0.962. The third-order valence-electron chi connectivity index (χ3n) is 6.86. The fourth-order valence-electron chi connectivity index (χ4n) is 4.84. The Balaban J connectivity index is 1.60. The first-order valence-electron chi connectivity index (χ1n) is 14.0. The van der Waals surface area contributed by atoms with Crippen molar-refractivity contribution in [2.45, 2.75) is 26.5 Å². The zero-order valence-corrected chi connectivity index (χ0v) is 29.4. The number of nitro groups is 1. The van der Waals surface area contributed by atoms with Gasteiger partial charge in [-0.2, -0.15) is 0 Å². The number of methoxy groups -OCH3 is 1. The molecule has 1 aliphatic heterocycles. The number of rotatable bonds is 11. The van der Waals surface area contributed by atoms with Gasteiger partial charge in [-0.3, -0.25) is 19.5 Å². The van der Waals surface area contributed by atoms with Crippen LogP contribution in [0.4, 0.5) is 5.69 Å². The molecule has 0 spiro atoms. The first-order chi connectivity index (χ1) is 22.1. The number of nitro benzene ring substituents is 1. The van der Waals surface area contributed by atoms with E-state index >= 15 is 0 Å². The summed E-state index contributed by atoms with van der Waals surface area (Å²) in [4.78, 5) is 42.5. The summed E-state index contributed by atoms with van der Waals surface area (Å²) in [6.45, 7) is 4.72. The van der Waals surface area contributed by atoms with Crippen LogP contribution in [0, 0.1) is 13.7 Å². The molecule has 0 fully saturated rings. The molecular weight excluding hydrogens is 793 g/mol. The number of hydrogen-bond acceptors (Lipinski definition) is 10. The molecule has 1 aromatic heterocycles. The van der Waals surface area contributed by atoms with Crippen LogP contribution in [0.15, 0.2) is 80.6 Å². The number of carbonyl (C=O) groups excluding carboxylic acids is 1. The third kappa shape index (κ3) is 7.03. The number of hydrogen-bond donors (Lipinski definition) is 0. The molecule has 11 nitrogen and oxygen atoms in total. The summed E-state index contributed by atoms with van der Waals surface area (Å²) in [5.41, 5.74) is 1.83. The Morgan fingerprint density at radius 3 is 2.48 bits per heavy atom. The maximum Gasteiger partial charge on any atom is 0.337 e. The first-order valence-corrected chi connectivity index (χ1v) is 16.7. The molecule has 0 bridgehead atoms. The van der Waals surface area contributed by atoms with Gasteiger partial charge in [0.1, 0.15) is 12.4 Å². The monoisotopic (exact) mass is 819 g/mol. The van der Waals surface area contributed by atoms with Crippen molar-refractivity contribution in [3.8, 4) is 17.2 Å². The quantitative estimate of drug-likeness (QED) is 0.0820. The molecule has 0 saturated carbocycles. The minimum atomic E-state index is -0.832. The Morgan fingerprint density at radius 2 is 1.80 bits per heavy atom. The Bertz CT molecular complexity index is 2020. The van der Waals surface area contributed by atoms with Gasteiger partial charge >= 0.3 is 5.97 Å². The standard InChI is InChI=1S/C32H27BrIN3O8S/c1-4-43-25-11-8-19(13-26(25)44-5-2)28-23(31(39)42-3)16-35-32-36(28)30(38)27(46-32)14-20-12-21(33)15-24(34)29(20)45-17-18-6-9-22(10-7-18)37(40)41/h6-16,28H,4-5,17H2,1-3H3/b27-14+/t28-/m1/s1. The maximum atomic E-state index is 14.1. The zero-order valence-electron chi connectivity index (χ0n) is 24.8. The van der Waals surface area contributed by atoms with Crippen LogP contribution in [0.2, 0.25) is 0 Å². The second kappa shape index (κ2) is 14.6. The molecule has 14 heteroatoms. The normalized spacial score (nSPS) is 14.2. The molecule has 1 atom stereocenters. The van der Waals surface area contributed by atoms with Crippen LogP contribution in [0.3, 0.4) is 0 Å². The number of esters is 1. The second-order valence-electron chi connectivity index (χ2n) is 9.77. The molecule has 0 aliphatic carbocycles. The number of ether oxygens (including phenoxy) is 4. The van der Waals surface area contributed by atoms with E-state index in [2.05, 4.69) is 43.5 Å². The Kier molecular flexibility index (Phi) is 10.6. The minimum Gasteiger partial charge on any atom is -0.490 e. The van der Waals surface area contributed by atoms with Gasteiger partial charge in [0.05, 0.1) is 45.0 Å². The average molecular weight is 820 g/mol. The molecular formula is C32H27BrIN3O8S. The summed E-state index contributed by atoms with van der Waals surface area (Å²) >= 11 is 6.87. The van der Waals surface area contributed by atoms with Gasteiger partial charge in [0, 0.05) is 28.4 Å². The van der Waals surface area contributed by atoms with E-state index in [1.807, 2.05) is 26.0 Å². The van der Waals surface area contributed by atoms with E-state index < -0.39 is 16.9 Å². The Labute approximate surface area is 289 Å². The average Bonchev–Trinajstić information content (AvgIpc) is 3.35. The smallest absolute Gasteiger partial charge is 0.337 e. The van der Waals surface area contributed by atoms with E-state index in [1.54, 1.807) is 36.4 Å². The first kappa shape index (κ1) is 33.3. The largest absolute Gasteiger partial charge is 0.490 e. The third-order valence-corrected chi connectivity index (χ3v) is 9.12. The fraction of sp³-hybridized carbons (Fsp3) is 0.219. The lowest BCUT2D eigenvalue weighted by Crippen LogP contribution is -2.39. The van der Waals surface area contributed by atoms with Gasteiger partial charge < -0.3 is 18.9 Å².